The second kappa shape index (κ2) is 4.60. The zero-order chi connectivity index (χ0) is 11.5. The van der Waals surface area contributed by atoms with Gasteiger partial charge in [-0.3, -0.25) is 0 Å². The smallest absolute Gasteiger partial charge is 0.129 e. The largest absolute Gasteiger partial charge is 0.392 e. The van der Waals surface area contributed by atoms with Gasteiger partial charge in [0.15, 0.2) is 0 Å². The van der Waals surface area contributed by atoms with Crippen LogP contribution in [0.25, 0.3) is 11.1 Å². The molecule has 0 unspecified atom stereocenters. The van der Waals surface area contributed by atoms with Crippen molar-refractivity contribution in [3.63, 3.8) is 0 Å². The van der Waals surface area contributed by atoms with Crippen LogP contribution >= 0.6 is 11.6 Å². The van der Waals surface area contributed by atoms with Gasteiger partial charge in [0.2, 0.25) is 0 Å². The van der Waals surface area contributed by atoms with Crippen LogP contribution in [0.4, 0.5) is 4.39 Å². The van der Waals surface area contributed by atoms with E-state index in [2.05, 4.69) is 4.98 Å². The molecule has 0 aliphatic rings. The number of halogens is 2. The summed E-state index contributed by atoms with van der Waals surface area (Å²) in [6.45, 7) is -0.159. The average molecular weight is 238 g/mol. The SMILES string of the molecule is OCc1cc(Cl)ncc1-c1cccc(F)c1. The summed E-state index contributed by atoms with van der Waals surface area (Å²) in [6.07, 6.45) is 1.53. The number of aliphatic hydroxyl groups is 1. The summed E-state index contributed by atoms with van der Waals surface area (Å²) >= 11 is 5.72. The lowest BCUT2D eigenvalue weighted by atomic mass is 10.0. The van der Waals surface area contributed by atoms with Gasteiger partial charge in [-0.05, 0) is 29.3 Å². The van der Waals surface area contributed by atoms with Crippen molar-refractivity contribution in [1.82, 2.24) is 4.98 Å². The Kier molecular flexibility index (Phi) is 3.17. The van der Waals surface area contributed by atoms with E-state index in [4.69, 9.17) is 11.6 Å². The summed E-state index contributed by atoms with van der Waals surface area (Å²) in [5.41, 5.74) is 1.99. The Labute approximate surface area is 97.3 Å². The van der Waals surface area contributed by atoms with E-state index < -0.39 is 0 Å². The Morgan fingerprint density at radius 3 is 2.81 bits per heavy atom. The molecule has 0 aliphatic carbocycles. The van der Waals surface area contributed by atoms with Crippen molar-refractivity contribution in [1.29, 1.82) is 0 Å². The van der Waals surface area contributed by atoms with Gasteiger partial charge in [0, 0.05) is 11.8 Å². The normalized spacial score (nSPS) is 10.4. The molecule has 0 fully saturated rings. The van der Waals surface area contributed by atoms with Crippen LogP contribution in [0.2, 0.25) is 5.15 Å². The first-order valence-corrected chi connectivity index (χ1v) is 5.09. The fourth-order valence-electron chi connectivity index (χ4n) is 1.51. The molecule has 2 aromatic rings. The summed E-state index contributed by atoms with van der Waals surface area (Å²) in [6, 6.07) is 7.70. The summed E-state index contributed by atoms with van der Waals surface area (Å²) in [5.74, 6) is -0.323. The van der Waals surface area contributed by atoms with Gasteiger partial charge in [0.05, 0.1) is 6.61 Å². The molecular formula is C12H9ClFNO. The van der Waals surface area contributed by atoms with Gasteiger partial charge in [-0.15, -0.1) is 0 Å². The van der Waals surface area contributed by atoms with Crippen LogP contribution in [0.5, 0.6) is 0 Å². The van der Waals surface area contributed by atoms with E-state index in [1.165, 1.54) is 18.3 Å². The number of nitrogens with zero attached hydrogens (tertiary/aromatic N) is 1. The first-order valence-electron chi connectivity index (χ1n) is 4.72. The molecule has 0 spiro atoms. The highest BCUT2D eigenvalue weighted by atomic mass is 35.5. The molecule has 1 aromatic heterocycles. The molecule has 4 heteroatoms. The van der Waals surface area contributed by atoms with Gasteiger partial charge in [0.1, 0.15) is 11.0 Å². The zero-order valence-electron chi connectivity index (χ0n) is 8.32. The van der Waals surface area contributed by atoms with Crippen molar-refractivity contribution in [2.24, 2.45) is 0 Å². The van der Waals surface area contributed by atoms with E-state index in [1.807, 2.05) is 0 Å². The van der Waals surface area contributed by atoms with Crippen molar-refractivity contribution in [2.75, 3.05) is 0 Å². The highest BCUT2D eigenvalue weighted by molar-refractivity contribution is 6.29. The number of aromatic nitrogens is 1. The van der Waals surface area contributed by atoms with E-state index in [0.717, 1.165) is 0 Å². The molecule has 0 atom stereocenters. The molecule has 2 nitrogen and oxygen atoms in total. The van der Waals surface area contributed by atoms with Crippen LogP contribution in [0.15, 0.2) is 36.5 Å². The highest BCUT2D eigenvalue weighted by Crippen LogP contribution is 2.25. The van der Waals surface area contributed by atoms with Crippen LogP contribution < -0.4 is 0 Å². The van der Waals surface area contributed by atoms with Gasteiger partial charge in [-0.2, -0.15) is 0 Å². The second-order valence-corrected chi connectivity index (χ2v) is 3.72. The zero-order valence-corrected chi connectivity index (χ0v) is 9.08. The molecule has 82 valence electrons. The Bertz CT molecular complexity index is 516. The minimum Gasteiger partial charge on any atom is -0.392 e. The molecule has 1 N–H and O–H groups in total. The molecule has 0 radical (unpaired) electrons. The quantitative estimate of drug-likeness (QED) is 0.815. The van der Waals surface area contributed by atoms with Gasteiger partial charge < -0.3 is 5.11 Å². The third kappa shape index (κ3) is 2.21. The van der Waals surface area contributed by atoms with E-state index in [0.29, 0.717) is 21.8 Å². The van der Waals surface area contributed by atoms with Crippen molar-refractivity contribution < 1.29 is 9.50 Å². The predicted octanol–water partition coefficient (Wildman–Crippen LogP) is 3.03. The summed E-state index contributed by atoms with van der Waals surface area (Å²) in [4.78, 5) is 3.93. The fourth-order valence-corrected chi connectivity index (χ4v) is 1.70. The molecule has 0 saturated carbocycles. The van der Waals surface area contributed by atoms with Crippen molar-refractivity contribution in [3.8, 4) is 11.1 Å². The molecule has 16 heavy (non-hydrogen) atoms. The van der Waals surface area contributed by atoms with E-state index >= 15 is 0 Å². The predicted molar refractivity (Wildman–Crippen MR) is 60.6 cm³/mol. The lowest BCUT2D eigenvalue weighted by Crippen LogP contribution is -1.92. The highest BCUT2D eigenvalue weighted by Gasteiger charge is 2.06. The van der Waals surface area contributed by atoms with Crippen LogP contribution in [0.1, 0.15) is 5.56 Å². The number of hydrogen-bond acceptors (Lipinski definition) is 2. The Morgan fingerprint density at radius 2 is 2.12 bits per heavy atom. The topological polar surface area (TPSA) is 33.1 Å². The molecule has 1 heterocycles. The molecule has 0 aliphatic heterocycles. The van der Waals surface area contributed by atoms with Crippen LogP contribution in [0.3, 0.4) is 0 Å². The lowest BCUT2D eigenvalue weighted by molar-refractivity contribution is 0.282. The molecule has 1 aromatic carbocycles. The lowest BCUT2D eigenvalue weighted by Gasteiger charge is -2.07. The summed E-state index contributed by atoms with van der Waals surface area (Å²) < 4.78 is 13.1. The maximum Gasteiger partial charge on any atom is 0.129 e. The molecule has 2 rings (SSSR count). The number of hydrogen-bond donors (Lipinski definition) is 1. The first kappa shape index (κ1) is 11.0. The van der Waals surface area contributed by atoms with Gasteiger partial charge in [-0.1, -0.05) is 23.7 Å². The number of benzene rings is 1. The van der Waals surface area contributed by atoms with Gasteiger partial charge in [-0.25, -0.2) is 9.37 Å². The second-order valence-electron chi connectivity index (χ2n) is 3.33. The Balaban J connectivity index is 2.55. The summed E-state index contributed by atoms with van der Waals surface area (Å²) in [7, 11) is 0. The summed E-state index contributed by atoms with van der Waals surface area (Å²) in [5, 5.41) is 9.50. The van der Waals surface area contributed by atoms with Gasteiger partial charge in [0.25, 0.3) is 0 Å². The molecule has 0 amide bonds. The van der Waals surface area contributed by atoms with Crippen LogP contribution in [-0.4, -0.2) is 10.1 Å². The van der Waals surface area contributed by atoms with Gasteiger partial charge >= 0.3 is 0 Å². The third-order valence-electron chi connectivity index (χ3n) is 2.26. The maximum absolute atomic E-state index is 13.1. The Morgan fingerprint density at radius 1 is 1.31 bits per heavy atom. The van der Waals surface area contributed by atoms with E-state index in [1.54, 1.807) is 18.2 Å². The van der Waals surface area contributed by atoms with Crippen molar-refractivity contribution in [2.45, 2.75) is 6.61 Å². The third-order valence-corrected chi connectivity index (χ3v) is 2.47. The fraction of sp³-hybridized carbons (Fsp3) is 0.0833. The van der Waals surface area contributed by atoms with Crippen molar-refractivity contribution >= 4 is 11.6 Å². The monoisotopic (exact) mass is 237 g/mol. The van der Waals surface area contributed by atoms with Crippen molar-refractivity contribution in [3.05, 3.63) is 53.1 Å². The van der Waals surface area contributed by atoms with Crippen LogP contribution in [-0.2, 0) is 6.61 Å². The van der Waals surface area contributed by atoms with E-state index in [-0.39, 0.29) is 12.4 Å². The number of rotatable bonds is 2. The average Bonchev–Trinajstić information content (AvgIpc) is 2.28. The molecule has 0 saturated heterocycles. The number of pyridine rings is 1. The molecule has 0 bridgehead atoms. The first-order chi connectivity index (χ1) is 7.70. The minimum absolute atomic E-state index is 0.159. The maximum atomic E-state index is 13.1. The minimum atomic E-state index is -0.323. The molecular weight excluding hydrogens is 229 g/mol. The Hall–Kier alpha value is -1.45. The van der Waals surface area contributed by atoms with Crippen LogP contribution in [0, 0.1) is 5.82 Å². The van der Waals surface area contributed by atoms with E-state index in [9.17, 15) is 9.50 Å². The standard InChI is InChI=1S/C12H9ClFNO/c13-12-5-9(7-16)11(6-15-12)8-2-1-3-10(14)4-8/h1-6,16H,7H2. The number of aliphatic hydroxyl groups excluding tert-OH is 1.